The molecule has 1 N–H and O–H groups in total. The third kappa shape index (κ3) is 4.58. The molecule has 8 nitrogen and oxygen atoms in total. The van der Waals surface area contributed by atoms with Gasteiger partial charge in [0.2, 0.25) is 5.78 Å². The van der Waals surface area contributed by atoms with Crippen molar-refractivity contribution in [2.24, 2.45) is 0 Å². The molecule has 0 fully saturated rings. The van der Waals surface area contributed by atoms with Gasteiger partial charge in [-0.1, -0.05) is 30.4 Å². The fourth-order valence-corrected chi connectivity index (χ4v) is 5.28. The highest BCUT2D eigenvalue weighted by Gasteiger charge is 2.46. The summed E-state index contributed by atoms with van der Waals surface area (Å²) in [4.78, 5) is 33.0. The van der Waals surface area contributed by atoms with Crippen LogP contribution in [0.2, 0.25) is 0 Å². The Morgan fingerprint density at radius 1 is 1.08 bits per heavy atom. The maximum absolute atomic E-state index is 13.5. The van der Waals surface area contributed by atoms with E-state index in [1.165, 1.54) is 22.3 Å². The Hall–Kier alpha value is -4.11. The minimum Gasteiger partial charge on any atom is -0.503 e. The molecule has 1 amide bonds. The van der Waals surface area contributed by atoms with Crippen molar-refractivity contribution in [1.29, 1.82) is 0 Å². The molecular weight excluding hydrogens is 492 g/mol. The van der Waals surface area contributed by atoms with Gasteiger partial charge in [0.05, 0.1) is 35.0 Å². The van der Waals surface area contributed by atoms with Crippen molar-refractivity contribution in [2.45, 2.75) is 33.2 Å². The predicted molar refractivity (Wildman–Crippen MR) is 141 cm³/mol. The third-order valence-corrected chi connectivity index (χ3v) is 6.97. The van der Waals surface area contributed by atoms with Gasteiger partial charge in [-0.3, -0.25) is 14.5 Å². The number of aliphatic hydroxyl groups excluding tert-OH is 1. The molecule has 0 aliphatic carbocycles. The number of carbonyl (C=O) groups excluding carboxylic acids is 2. The van der Waals surface area contributed by atoms with Crippen LogP contribution in [0.25, 0.3) is 10.2 Å². The van der Waals surface area contributed by atoms with Gasteiger partial charge in [0.1, 0.15) is 17.3 Å². The van der Waals surface area contributed by atoms with Gasteiger partial charge in [-0.05, 0) is 68.3 Å². The molecule has 1 aliphatic heterocycles. The molecule has 1 unspecified atom stereocenters. The first kappa shape index (κ1) is 24.6. The lowest BCUT2D eigenvalue weighted by atomic mass is 9.95. The van der Waals surface area contributed by atoms with Gasteiger partial charge in [0.25, 0.3) is 5.91 Å². The third-order valence-electron chi connectivity index (χ3n) is 5.95. The number of aliphatic hydroxyl groups is 1. The van der Waals surface area contributed by atoms with Crippen LogP contribution < -0.4 is 14.4 Å². The first-order valence-electron chi connectivity index (χ1n) is 12.0. The fourth-order valence-electron chi connectivity index (χ4n) is 4.26. The van der Waals surface area contributed by atoms with Crippen LogP contribution >= 0.6 is 11.3 Å². The van der Waals surface area contributed by atoms with Gasteiger partial charge in [0.15, 0.2) is 16.7 Å². The normalized spacial score (nSPS) is 15.6. The van der Waals surface area contributed by atoms with Crippen LogP contribution in [0.4, 0.5) is 5.13 Å². The number of carbonyl (C=O) groups is 2. The van der Waals surface area contributed by atoms with Crippen LogP contribution in [0.15, 0.2) is 70.3 Å². The number of rotatable bonds is 9. The van der Waals surface area contributed by atoms with Gasteiger partial charge < -0.3 is 19.0 Å². The standard InChI is InChI=1S/C28H26N2O6S/c1-4-14-35-18-9-7-17(8-10-18)24-23(25(31)21-13-6-16(3)36-21)26(32)27(33)30(24)28-29-20-12-11-19(34-5-2)15-22(20)37-28/h6-13,15,24,32H,4-5,14H2,1-3H3. The summed E-state index contributed by atoms with van der Waals surface area (Å²) in [7, 11) is 0. The summed E-state index contributed by atoms with van der Waals surface area (Å²) in [6, 6.07) is 14.9. The molecule has 5 rings (SSSR count). The molecule has 0 spiro atoms. The molecule has 3 heterocycles. The lowest BCUT2D eigenvalue weighted by Crippen LogP contribution is -2.30. The minimum atomic E-state index is -0.905. The minimum absolute atomic E-state index is 0.0484. The highest BCUT2D eigenvalue weighted by Crippen LogP contribution is 2.44. The Labute approximate surface area is 217 Å². The summed E-state index contributed by atoms with van der Waals surface area (Å²) in [6.07, 6.45) is 0.868. The second kappa shape index (κ2) is 10.1. The largest absolute Gasteiger partial charge is 0.503 e. The second-order valence-electron chi connectivity index (χ2n) is 8.56. The van der Waals surface area contributed by atoms with Crippen LogP contribution in [0.1, 0.15) is 48.2 Å². The van der Waals surface area contributed by atoms with Crippen molar-refractivity contribution in [3.05, 3.63) is 83.0 Å². The van der Waals surface area contributed by atoms with E-state index in [1.807, 2.05) is 32.0 Å². The van der Waals surface area contributed by atoms with Crippen molar-refractivity contribution in [3.63, 3.8) is 0 Å². The summed E-state index contributed by atoms with van der Waals surface area (Å²) in [5, 5.41) is 11.3. The van der Waals surface area contributed by atoms with Crippen molar-refractivity contribution in [2.75, 3.05) is 18.1 Å². The summed E-state index contributed by atoms with van der Waals surface area (Å²) in [5.41, 5.74) is 1.25. The Morgan fingerprint density at radius 2 is 1.84 bits per heavy atom. The lowest BCUT2D eigenvalue weighted by molar-refractivity contribution is -0.117. The number of fused-ring (bicyclic) bond motifs is 1. The number of benzene rings is 2. The van der Waals surface area contributed by atoms with Gasteiger partial charge in [0, 0.05) is 0 Å². The van der Waals surface area contributed by atoms with E-state index in [2.05, 4.69) is 4.98 Å². The average Bonchev–Trinajstić information content (AvgIpc) is 3.59. The molecule has 9 heteroatoms. The smallest absolute Gasteiger partial charge is 0.296 e. The van der Waals surface area contributed by atoms with Crippen LogP contribution in [-0.2, 0) is 4.79 Å². The van der Waals surface area contributed by atoms with E-state index < -0.39 is 23.5 Å². The molecular formula is C28H26N2O6S. The summed E-state index contributed by atoms with van der Waals surface area (Å²) >= 11 is 1.28. The van der Waals surface area contributed by atoms with E-state index >= 15 is 0 Å². The molecule has 2 aromatic carbocycles. The molecule has 1 aliphatic rings. The number of hydrogen-bond donors (Lipinski definition) is 1. The lowest BCUT2D eigenvalue weighted by Gasteiger charge is -2.24. The van der Waals surface area contributed by atoms with Crippen molar-refractivity contribution in [1.82, 2.24) is 4.98 Å². The number of thiazole rings is 1. The summed E-state index contributed by atoms with van der Waals surface area (Å²) in [5.74, 6) is 0.0890. The Morgan fingerprint density at radius 3 is 2.51 bits per heavy atom. The maximum atomic E-state index is 13.5. The van der Waals surface area contributed by atoms with Crippen LogP contribution in [0.3, 0.4) is 0 Å². The zero-order valence-electron chi connectivity index (χ0n) is 20.7. The topological polar surface area (TPSA) is 102 Å². The number of Topliss-reactive ketones (excluding diaryl/α,β-unsaturated/α-hetero) is 1. The number of nitrogens with zero attached hydrogens (tertiary/aromatic N) is 2. The highest BCUT2D eigenvalue weighted by molar-refractivity contribution is 7.22. The summed E-state index contributed by atoms with van der Waals surface area (Å²) in [6.45, 7) is 6.75. The number of ketones is 1. The zero-order chi connectivity index (χ0) is 26.1. The quantitative estimate of drug-likeness (QED) is 0.264. The van der Waals surface area contributed by atoms with E-state index in [4.69, 9.17) is 13.9 Å². The molecule has 0 radical (unpaired) electrons. The van der Waals surface area contributed by atoms with Gasteiger partial charge in [-0.15, -0.1) is 0 Å². The number of aromatic nitrogens is 1. The molecule has 4 aromatic rings. The van der Waals surface area contributed by atoms with E-state index in [0.717, 1.165) is 11.1 Å². The number of amides is 1. The van der Waals surface area contributed by atoms with E-state index in [0.29, 0.717) is 46.7 Å². The Balaban J connectivity index is 1.60. The van der Waals surface area contributed by atoms with Crippen molar-refractivity contribution in [3.8, 4) is 11.5 Å². The number of aryl methyl sites for hydroxylation is 1. The number of furan rings is 1. The Bertz CT molecular complexity index is 1500. The number of ether oxygens (including phenoxy) is 2. The summed E-state index contributed by atoms with van der Waals surface area (Å²) < 4.78 is 17.7. The van der Waals surface area contributed by atoms with E-state index in [-0.39, 0.29) is 11.3 Å². The SMILES string of the molecule is CCCOc1ccc(C2C(C(=O)c3ccc(C)o3)=C(O)C(=O)N2c2nc3ccc(OCC)cc3s2)cc1. The van der Waals surface area contributed by atoms with Gasteiger partial charge in [-0.2, -0.15) is 0 Å². The van der Waals surface area contributed by atoms with Crippen LogP contribution in [0, 0.1) is 6.92 Å². The number of anilines is 1. The predicted octanol–water partition coefficient (Wildman–Crippen LogP) is 6.17. The average molecular weight is 519 g/mol. The zero-order valence-corrected chi connectivity index (χ0v) is 21.5. The molecule has 0 saturated heterocycles. The molecule has 0 bridgehead atoms. The van der Waals surface area contributed by atoms with Gasteiger partial charge in [-0.25, -0.2) is 4.98 Å². The van der Waals surface area contributed by atoms with Crippen molar-refractivity contribution < 1.29 is 28.6 Å². The number of hydrogen-bond acceptors (Lipinski definition) is 8. The first-order valence-corrected chi connectivity index (χ1v) is 12.9. The molecule has 2 aromatic heterocycles. The van der Waals surface area contributed by atoms with E-state index in [1.54, 1.807) is 37.3 Å². The van der Waals surface area contributed by atoms with Crippen molar-refractivity contribution >= 4 is 38.4 Å². The highest BCUT2D eigenvalue weighted by atomic mass is 32.1. The molecule has 37 heavy (non-hydrogen) atoms. The monoisotopic (exact) mass is 518 g/mol. The van der Waals surface area contributed by atoms with Crippen LogP contribution in [0.5, 0.6) is 11.5 Å². The molecule has 1 atom stereocenters. The fraction of sp³-hybridized carbons (Fsp3) is 0.250. The maximum Gasteiger partial charge on any atom is 0.296 e. The Kier molecular flexibility index (Phi) is 6.71. The van der Waals surface area contributed by atoms with Gasteiger partial charge >= 0.3 is 0 Å². The van der Waals surface area contributed by atoms with E-state index in [9.17, 15) is 14.7 Å². The molecule has 0 saturated carbocycles. The van der Waals surface area contributed by atoms with Crippen LogP contribution in [-0.4, -0.2) is 35.0 Å². The molecule has 190 valence electrons. The first-order chi connectivity index (χ1) is 17.9. The second-order valence-corrected chi connectivity index (χ2v) is 9.56.